The number of nitrogens with zero attached hydrogens (tertiary/aromatic N) is 1. The van der Waals surface area contributed by atoms with Gasteiger partial charge in [-0.05, 0) is 12.5 Å². The number of para-hydroxylation sites is 1. The van der Waals surface area contributed by atoms with Crippen LogP contribution in [0.4, 0.5) is 0 Å². The van der Waals surface area contributed by atoms with E-state index in [4.69, 9.17) is 9.52 Å². The summed E-state index contributed by atoms with van der Waals surface area (Å²) >= 11 is 2.67. The fourth-order valence-electron chi connectivity index (χ4n) is 2.21. The molecule has 0 unspecified atom stereocenters. The number of carboxylic acids is 1. The summed E-state index contributed by atoms with van der Waals surface area (Å²) in [5.74, 6) is -0.0277. The van der Waals surface area contributed by atoms with E-state index in [9.17, 15) is 4.79 Å². The first-order valence-electron chi connectivity index (χ1n) is 6.50. The van der Waals surface area contributed by atoms with Gasteiger partial charge in [0.25, 0.3) is 0 Å². The number of aromatic nitrogens is 1. The molecule has 0 saturated heterocycles. The lowest BCUT2D eigenvalue weighted by molar-refractivity contribution is -0.133. The van der Waals surface area contributed by atoms with Crippen molar-refractivity contribution in [1.82, 2.24) is 4.98 Å². The van der Waals surface area contributed by atoms with Crippen LogP contribution in [0, 0.1) is 0 Å². The fourth-order valence-corrected chi connectivity index (χ4v) is 3.73. The molecule has 0 saturated carbocycles. The summed E-state index contributed by atoms with van der Waals surface area (Å²) in [5, 5.41) is 11.7. The SMILES string of the molecule is CCc1c(-c2csc(SCC(=O)O)n2)oc2ccccc12. The van der Waals surface area contributed by atoms with Crippen LogP contribution in [0.3, 0.4) is 0 Å². The number of thioether (sulfide) groups is 1. The average molecular weight is 319 g/mol. The van der Waals surface area contributed by atoms with Gasteiger partial charge in [0, 0.05) is 16.3 Å². The zero-order chi connectivity index (χ0) is 14.8. The molecule has 3 rings (SSSR count). The Kier molecular flexibility index (Phi) is 3.98. The third-order valence-corrected chi connectivity index (χ3v) is 5.09. The van der Waals surface area contributed by atoms with Gasteiger partial charge in [0.2, 0.25) is 0 Å². The topological polar surface area (TPSA) is 63.3 Å². The fraction of sp³-hybridized carbons (Fsp3) is 0.200. The molecule has 108 valence electrons. The van der Waals surface area contributed by atoms with Crippen LogP contribution < -0.4 is 0 Å². The first kappa shape index (κ1) is 14.2. The van der Waals surface area contributed by atoms with E-state index in [0.717, 1.165) is 38.7 Å². The lowest BCUT2D eigenvalue weighted by atomic mass is 10.1. The molecule has 1 aromatic carbocycles. The van der Waals surface area contributed by atoms with Crippen LogP contribution in [-0.4, -0.2) is 21.8 Å². The average Bonchev–Trinajstić information content (AvgIpc) is 3.08. The van der Waals surface area contributed by atoms with E-state index in [2.05, 4.69) is 11.9 Å². The largest absolute Gasteiger partial charge is 0.481 e. The Morgan fingerprint density at radius 3 is 3.00 bits per heavy atom. The van der Waals surface area contributed by atoms with Crippen molar-refractivity contribution < 1.29 is 14.3 Å². The normalized spacial score (nSPS) is 11.1. The van der Waals surface area contributed by atoms with E-state index in [1.165, 1.54) is 23.1 Å². The Labute approximate surface area is 129 Å². The number of aryl methyl sites for hydroxylation is 1. The molecule has 0 fully saturated rings. The van der Waals surface area contributed by atoms with Gasteiger partial charge in [-0.3, -0.25) is 4.79 Å². The van der Waals surface area contributed by atoms with Gasteiger partial charge < -0.3 is 9.52 Å². The van der Waals surface area contributed by atoms with Crippen LogP contribution >= 0.6 is 23.1 Å². The van der Waals surface area contributed by atoms with E-state index < -0.39 is 5.97 Å². The Balaban J connectivity index is 1.98. The Morgan fingerprint density at radius 2 is 2.24 bits per heavy atom. The van der Waals surface area contributed by atoms with Crippen molar-refractivity contribution >= 4 is 40.0 Å². The third kappa shape index (κ3) is 2.82. The number of carbonyl (C=O) groups is 1. The van der Waals surface area contributed by atoms with Crippen LogP contribution in [0.15, 0.2) is 38.4 Å². The summed E-state index contributed by atoms with van der Waals surface area (Å²) in [6, 6.07) is 7.94. The van der Waals surface area contributed by atoms with Crippen molar-refractivity contribution in [2.45, 2.75) is 17.7 Å². The highest BCUT2D eigenvalue weighted by molar-refractivity contribution is 8.01. The summed E-state index contributed by atoms with van der Waals surface area (Å²) in [6.45, 7) is 2.09. The van der Waals surface area contributed by atoms with E-state index in [1.54, 1.807) is 0 Å². The number of benzene rings is 1. The monoisotopic (exact) mass is 319 g/mol. The highest BCUT2D eigenvalue weighted by Gasteiger charge is 2.17. The third-order valence-electron chi connectivity index (χ3n) is 3.09. The summed E-state index contributed by atoms with van der Waals surface area (Å²) in [6.07, 6.45) is 0.863. The molecule has 6 heteroatoms. The summed E-state index contributed by atoms with van der Waals surface area (Å²) < 4.78 is 6.68. The van der Waals surface area contributed by atoms with Crippen molar-refractivity contribution in [1.29, 1.82) is 0 Å². The van der Waals surface area contributed by atoms with Gasteiger partial charge in [-0.2, -0.15) is 0 Å². The van der Waals surface area contributed by atoms with Crippen molar-refractivity contribution in [2.75, 3.05) is 5.75 Å². The number of hydrogen-bond acceptors (Lipinski definition) is 5. The van der Waals surface area contributed by atoms with E-state index in [1.807, 2.05) is 29.6 Å². The minimum atomic E-state index is -0.838. The Bertz CT molecular complexity index is 791. The highest BCUT2D eigenvalue weighted by atomic mass is 32.2. The van der Waals surface area contributed by atoms with Crippen LogP contribution in [-0.2, 0) is 11.2 Å². The van der Waals surface area contributed by atoms with Crippen molar-refractivity contribution in [2.24, 2.45) is 0 Å². The minimum Gasteiger partial charge on any atom is -0.481 e. The van der Waals surface area contributed by atoms with Crippen molar-refractivity contribution in [3.8, 4) is 11.5 Å². The van der Waals surface area contributed by atoms with Crippen molar-refractivity contribution in [3.63, 3.8) is 0 Å². The molecule has 0 atom stereocenters. The molecule has 2 heterocycles. The minimum absolute atomic E-state index is 0.0215. The second-order valence-corrected chi connectivity index (χ2v) is 6.52. The van der Waals surface area contributed by atoms with E-state index >= 15 is 0 Å². The summed E-state index contributed by atoms with van der Waals surface area (Å²) in [4.78, 5) is 15.1. The second kappa shape index (κ2) is 5.91. The van der Waals surface area contributed by atoms with Gasteiger partial charge in [-0.15, -0.1) is 11.3 Å². The van der Waals surface area contributed by atoms with Gasteiger partial charge in [0.15, 0.2) is 10.1 Å². The van der Waals surface area contributed by atoms with Crippen LogP contribution in [0.2, 0.25) is 0 Å². The highest BCUT2D eigenvalue weighted by Crippen LogP contribution is 2.36. The molecule has 0 aliphatic heterocycles. The lowest BCUT2D eigenvalue weighted by Crippen LogP contribution is -1.97. The zero-order valence-electron chi connectivity index (χ0n) is 11.3. The molecule has 0 amide bonds. The first-order valence-corrected chi connectivity index (χ1v) is 8.36. The number of fused-ring (bicyclic) bond motifs is 1. The number of aliphatic carboxylic acids is 1. The molecule has 2 aromatic heterocycles. The smallest absolute Gasteiger partial charge is 0.313 e. The number of furan rings is 1. The maximum Gasteiger partial charge on any atom is 0.313 e. The molecule has 0 bridgehead atoms. The first-order chi connectivity index (χ1) is 10.2. The zero-order valence-corrected chi connectivity index (χ0v) is 13.0. The molecule has 21 heavy (non-hydrogen) atoms. The second-order valence-electron chi connectivity index (χ2n) is 4.44. The van der Waals surface area contributed by atoms with Gasteiger partial charge >= 0.3 is 5.97 Å². The van der Waals surface area contributed by atoms with E-state index in [0.29, 0.717) is 0 Å². The molecule has 4 nitrogen and oxygen atoms in total. The van der Waals surface area contributed by atoms with Gasteiger partial charge in [-0.1, -0.05) is 36.9 Å². The maximum absolute atomic E-state index is 10.6. The lowest BCUT2D eigenvalue weighted by Gasteiger charge is -1.96. The molecule has 3 aromatic rings. The summed E-state index contributed by atoms with van der Waals surface area (Å²) in [5.41, 5.74) is 2.78. The number of thiazole rings is 1. The molecular weight excluding hydrogens is 306 g/mol. The molecule has 0 spiro atoms. The Hall–Kier alpha value is -1.79. The number of carboxylic acid groups (broad SMARTS) is 1. The van der Waals surface area contributed by atoms with Gasteiger partial charge in [-0.25, -0.2) is 4.98 Å². The van der Waals surface area contributed by atoms with Gasteiger partial charge in [0.05, 0.1) is 5.75 Å². The quantitative estimate of drug-likeness (QED) is 0.711. The van der Waals surface area contributed by atoms with Crippen LogP contribution in [0.1, 0.15) is 12.5 Å². The maximum atomic E-state index is 10.6. The van der Waals surface area contributed by atoms with Crippen LogP contribution in [0.25, 0.3) is 22.4 Å². The molecule has 0 aliphatic rings. The number of rotatable bonds is 5. The van der Waals surface area contributed by atoms with E-state index in [-0.39, 0.29) is 5.75 Å². The van der Waals surface area contributed by atoms with Gasteiger partial charge in [0.1, 0.15) is 11.3 Å². The predicted molar refractivity (Wildman–Crippen MR) is 85.1 cm³/mol. The molecule has 1 N–H and O–H groups in total. The standard InChI is InChI=1S/C15H13NO3S2/c1-2-9-10-5-3-4-6-12(10)19-14(9)11-7-20-15(16-11)21-8-13(17)18/h3-7H,2,8H2,1H3,(H,17,18). The summed E-state index contributed by atoms with van der Waals surface area (Å²) in [7, 11) is 0. The predicted octanol–water partition coefficient (Wildman–Crippen LogP) is 4.30. The Morgan fingerprint density at radius 1 is 1.43 bits per heavy atom. The van der Waals surface area contributed by atoms with Crippen LogP contribution in [0.5, 0.6) is 0 Å². The molecule has 0 aliphatic carbocycles. The molecular formula is C15H13NO3S2. The van der Waals surface area contributed by atoms with Crippen molar-refractivity contribution in [3.05, 3.63) is 35.2 Å². The number of hydrogen-bond donors (Lipinski definition) is 1. The molecule has 0 radical (unpaired) electrons.